The van der Waals surface area contributed by atoms with E-state index in [0.29, 0.717) is 5.92 Å². The molecule has 2 unspecified atom stereocenters. The topological polar surface area (TPSA) is 6.48 Å². The summed E-state index contributed by atoms with van der Waals surface area (Å²) in [7, 11) is 0. The highest BCUT2D eigenvalue weighted by Gasteiger charge is 2.56. The third-order valence-corrected chi connectivity index (χ3v) is 7.99. The number of hydrogen-bond acceptors (Lipinski definition) is 2. The Balaban J connectivity index is 1.73. The Kier molecular flexibility index (Phi) is 5.23. The second-order valence-electron chi connectivity index (χ2n) is 11.1. The van der Waals surface area contributed by atoms with Crippen LogP contribution in [0, 0.1) is 18.3 Å². The maximum Gasteiger partial charge on any atom is 0.112 e. The van der Waals surface area contributed by atoms with E-state index in [1.54, 1.807) is 0 Å². The van der Waals surface area contributed by atoms with Gasteiger partial charge in [-0.15, -0.1) is 0 Å². The van der Waals surface area contributed by atoms with Crippen molar-refractivity contribution in [1.29, 1.82) is 0 Å². The fourth-order valence-corrected chi connectivity index (χ4v) is 6.59. The monoisotopic (exact) mass is 426 g/mol. The van der Waals surface area contributed by atoms with Crippen molar-refractivity contribution in [3.05, 3.63) is 89.3 Å². The lowest BCUT2D eigenvalue weighted by Gasteiger charge is -2.53. The Morgan fingerprint density at radius 2 is 1.50 bits per heavy atom. The molecule has 3 aliphatic rings. The van der Waals surface area contributed by atoms with E-state index in [1.165, 1.54) is 60.3 Å². The van der Waals surface area contributed by atoms with Crippen LogP contribution in [0.5, 0.6) is 0 Å². The molecule has 2 atom stereocenters. The lowest BCUT2D eigenvalue weighted by molar-refractivity contribution is 0.0275. The van der Waals surface area contributed by atoms with Gasteiger partial charge in [0, 0.05) is 16.8 Å². The number of allylic oxidation sites excluding steroid dienone is 2. The second-order valence-corrected chi connectivity index (χ2v) is 11.1. The molecule has 1 fully saturated rings. The number of hydrogen-bond donors (Lipinski definition) is 0. The van der Waals surface area contributed by atoms with Gasteiger partial charge >= 0.3 is 0 Å². The van der Waals surface area contributed by atoms with Gasteiger partial charge in [-0.25, -0.2) is 0 Å². The molecule has 0 radical (unpaired) electrons. The summed E-state index contributed by atoms with van der Waals surface area (Å²) >= 11 is 0. The standard InChI is InChI=1S/C30H38N2/c1-22-14-12-13-19-26(22)31-23(2)27-20-21-30(24-15-8-6-9-16-24,25-17-10-7-11-18-25)32(27)28(31)29(3,4)5/h6,8-9,12-16,19-21,25,28H,7,10-11,17-18H2,1-5H3. The number of para-hydroxylation sites is 1. The quantitative estimate of drug-likeness (QED) is 0.495. The van der Waals surface area contributed by atoms with Crippen molar-refractivity contribution in [2.45, 2.75) is 78.4 Å². The van der Waals surface area contributed by atoms with Crippen molar-refractivity contribution in [3.8, 4) is 0 Å². The van der Waals surface area contributed by atoms with Crippen molar-refractivity contribution in [2.24, 2.45) is 11.3 Å². The minimum absolute atomic E-state index is 0.0754. The van der Waals surface area contributed by atoms with Crippen molar-refractivity contribution in [3.63, 3.8) is 0 Å². The van der Waals surface area contributed by atoms with Crippen LogP contribution in [0.25, 0.3) is 0 Å². The molecule has 2 nitrogen and oxygen atoms in total. The third-order valence-electron chi connectivity index (χ3n) is 7.99. The summed E-state index contributed by atoms with van der Waals surface area (Å²) in [6, 6.07) is 20.2. The van der Waals surface area contributed by atoms with Gasteiger partial charge in [0.25, 0.3) is 0 Å². The highest BCUT2D eigenvalue weighted by atomic mass is 15.5. The Morgan fingerprint density at radius 3 is 2.16 bits per heavy atom. The SMILES string of the molecule is CC1=C2C=CC(c3ccccc3)(C3CCCCC3)N2C(C(C)(C)C)N1c1ccccc1C. The van der Waals surface area contributed by atoms with E-state index < -0.39 is 0 Å². The van der Waals surface area contributed by atoms with Gasteiger partial charge in [0.1, 0.15) is 6.17 Å². The maximum absolute atomic E-state index is 2.82. The molecule has 0 saturated heterocycles. The Morgan fingerprint density at radius 1 is 0.844 bits per heavy atom. The van der Waals surface area contributed by atoms with Crippen LogP contribution < -0.4 is 4.90 Å². The van der Waals surface area contributed by atoms with Crippen LogP contribution in [0.4, 0.5) is 5.69 Å². The summed E-state index contributed by atoms with van der Waals surface area (Å²) in [6.45, 7) is 11.8. The molecule has 5 rings (SSSR count). The number of benzene rings is 2. The van der Waals surface area contributed by atoms with Crippen molar-refractivity contribution in [1.82, 2.24) is 4.90 Å². The van der Waals surface area contributed by atoms with Crippen molar-refractivity contribution >= 4 is 5.69 Å². The molecule has 2 aromatic carbocycles. The molecule has 32 heavy (non-hydrogen) atoms. The first-order valence-corrected chi connectivity index (χ1v) is 12.5. The van der Waals surface area contributed by atoms with Gasteiger partial charge in [-0.05, 0) is 55.9 Å². The molecule has 2 heterocycles. The molecular formula is C30H38N2. The molecular weight excluding hydrogens is 388 g/mol. The maximum atomic E-state index is 2.82. The average Bonchev–Trinajstić information content (AvgIpc) is 3.32. The van der Waals surface area contributed by atoms with Crippen LogP contribution in [0.2, 0.25) is 0 Å². The third kappa shape index (κ3) is 3.14. The van der Waals surface area contributed by atoms with E-state index >= 15 is 0 Å². The molecule has 168 valence electrons. The Hall–Kier alpha value is -2.48. The van der Waals surface area contributed by atoms with Crippen molar-refractivity contribution < 1.29 is 0 Å². The number of fused-ring (bicyclic) bond motifs is 1. The zero-order valence-electron chi connectivity index (χ0n) is 20.4. The van der Waals surface area contributed by atoms with E-state index in [9.17, 15) is 0 Å². The fourth-order valence-electron chi connectivity index (χ4n) is 6.59. The molecule has 0 aromatic heterocycles. The smallest absolute Gasteiger partial charge is 0.112 e. The minimum Gasteiger partial charge on any atom is -0.335 e. The first-order valence-electron chi connectivity index (χ1n) is 12.5. The van der Waals surface area contributed by atoms with Gasteiger partial charge in [-0.3, -0.25) is 0 Å². The Bertz CT molecular complexity index is 1040. The van der Waals surface area contributed by atoms with Crippen LogP contribution in [0.3, 0.4) is 0 Å². The first-order chi connectivity index (χ1) is 15.4. The van der Waals surface area contributed by atoms with E-state index in [4.69, 9.17) is 0 Å². The number of nitrogens with zero attached hydrogens (tertiary/aromatic N) is 2. The molecule has 0 spiro atoms. The van der Waals surface area contributed by atoms with E-state index in [2.05, 4.69) is 111 Å². The lowest BCUT2D eigenvalue weighted by Crippen LogP contribution is -2.58. The van der Waals surface area contributed by atoms with E-state index in [1.807, 2.05) is 0 Å². The van der Waals surface area contributed by atoms with Gasteiger partial charge in [0.15, 0.2) is 0 Å². The number of rotatable bonds is 3. The lowest BCUT2D eigenvalue weighted by atomic mass is 9.69. The highest BCUT2D eigenvalue weighted by Crippen LogP contribution is 2.57. The van der Waals surface area contributed by atoms with Gasteiger partial charge < -0.3 is 9.80 Å². The van der Waals surface area contributed by atoms with Crippen LogP contribution in [-0.4, -0.2) is 11.1 Å². The zero-order valence-corrected chi connectivity index (χ0v) is 20.4. The van der Waals surface area contributed by atoms with Gasteiger partial charge in [0.2, 0.25) is 0 Å². The van der Waals surface area contributed by atoms with E-state index in [0.717, 1.165) is 0 Å². The van der Waals surface area contributed by atoms with Crippen LogP contribution >= 0.6 is 0 Å². The summed E-state index contributed by atoms with van der Waals surface area (Å²) < 4.78 is 0. The molecule has 0 N–H and O–H groups in total. The Labute approximate surface area is 194 Å². The number of aryl methyl sites for hydroxylation is 1. The molecule has 2 aromatic rings. The summed E-state index contributed by atoms with van der Waals surface area (Å²) in [5.74, 6) is 0.641. The molecule has 1 saturated carbocycles. The number of anilines is 1. The van der Waals surface area contributed by atoms with Crippen molar-refractivity contribution in [2.75, 3.05) is 4.90 Å². The van der Waals surface area contributed by atoms with Gasteiger partial charge in [-0.1, -0.05) is 94.6 Å². The van der Waals surface area contributed by atoms with Gasteiger partial charge in [0.05, 0.1) is 11.2 Å². The predicted octanol–water partition coefficient (Wildman–Crippen LogP) is 7.77. The average molecular weight is 427 g/mol. The first kappa shape index (κ1) is 21.4. The summed E-state index contributed by atoms with van der Waals surface area (Å²) in [6.07, 6.45) is 12.0. The molecule has 0 amide bonds. The summed E-state index contributed by atoms with van der Waals surface area (Å²) in [5.41, 5.74) is 6.92. The van der Waals surface area contributed by atoms with Crippen LogP contribution in [-0.2, 0) is 5.54 Å². The minimum atomic E-state index is -0.0757. The predicted molar refractivity (Wildman–Crippen MR) is 135 cm³/mol. The zero-order chi connectivity index (χ0) is 22.5. The molecule has 2 heteroatoms. The molecule has 0 bridgehead atoms. The summed E-state index contributed by atoms with van der Waals surface area (Å²) in [4.78, 5) is 5.45. The van der Waals surface area contributed by atoms with E-state index in [-0.39, 0.29) is 17.1 Å². The largest absolute Gasteiger partial charge is 0.335 e. The molecule has 1 aliphatic carbocycles. The second kappa shape index (κ2) is 7.83. The normalized spacial score (nSPS) is 26.2. The van der Waals surface area contributed by atoms with Crippen LogP contribution in [0.1, 0.15) is 70.9 Å². The fraction of sp³-hybridized carbons (Fsp3) is 0.467. The van der Waals surface area contributed by atoms with Gasteiger partial charge in [-0.2, -0.15) is 0 Å². The highest BCUT2D eigenvalue weighted by molar-refractivity contribution is 5.64. The molecule has 2 aliphatic heterocycles. The summed E-state index contributed by atoms with van der Waals surface area (Å²) in [5, 5.41) is 0. The van der Waals surface area contributed by atoms with Crippen LogP contribution in [0.15, 0.2) is 78.1 Å².